The second-order valence-electron chi connectivity index (χ2n) is 6.92. The lowest BCUT2D eigenvalue weighted by molar-refractivity contribution is 0.0906. The van der Waals surface area contributed by atoms with Crippen molar-refractivity contribution in [3.8, 4) is 11.4 Å². The highest BCUT2D eigenvalue weighted by Crippen LogP contribution is 2.23. The van der Waals surface area contributed by atoms with Crippen molar-refractivity contribution in [2.75, 3.05) is 13.1 Å². The van der Waals surface area contributed by atoms with E-state index in [2.05, 4.69) is 20.4 Å². The molecule has 4 rings (SSSR count). The molecule has 3 aromatic rings. The molecule has 1 saturated heterocycles. The molecule has 9 nitrogen and oxygen atoms in total. The Hall–Kier alpha value is -3.11. The van der Waals surface area contributed by atoms with Crippen LogP contribution < -0.4 is 5.32 Å². The van der Waals surface area contributed by atoms with Crippen LogP contribution in [0.1, 0.15) is 35.6 Å². The van der Waals surface area contributed by atoms with Gasteiger partial charge in [0.2, 0.25) is 15.8 Å². The highest BCUT2D eigenvalue weighted by Gasteiger charge is 2.26. The van der Waals surface area contributed by atoms with Crippen molar-refractivity contribution in [3.05, 3.63) is 60.2 Å². The summed E-state index contributed by atoms with van der Waals surface area (Å²) in [7, 11) is -3.50. The van der Waals surface area contributed by atoms with Crippen LogP contribution in [0.25, 0.3) is 11.4 Å². The number of hydrogen-bond acceptors (Lipinski definition) is 7. The summed E-state index contributed by atoms with van der Waals surface area (Å²) < 4.78 is 32.0. The first-order valence-corrected chi connectivity index (χ1v) is 11.1. The molecule has 0 spiro atoms. The van der Waals surface area contributed by atoms with Gasteiger partial charge in [0.05, 0.1) is 17.1 Å². The van der Waals surface area contributed by atoms with E-state index in [0.29, 0.717) is 24.3 Å². The lowest BCUT2D eigenvalue weighted by Gasteiger charge is -2.25. The predicted molar refractivity (Wildman–Crippen MR) is 108 cm³/mol. The monoisotopic (exact) mass is 427 g/mol. The van der Waals surface area contributed by atoms with Gasteiger partial charge >= 0.3 is 11.8 Å². The zero-order valence-electron chi connectivity index (χ0n) is 16.2. The number of benzene rings is 1. The van der Waals surface area contributed by atoms with Crippen molar-refractivity contribution in [1.29, 1.82) is 0 Å². The Kier molecular flexibility index (Phi) is 5.86. The first-order valence-electron chi connectivity index (χ1n) is 9.66. The van der Waals surface area contributed by atoms with Crippen molar-refractivity contribution in [1.82, 2.24) is 24.7 Å². The zero-order chi connectivity index (χ0) is 21.0. The van der Waals surface area contributed by atoms with Crippen LogP contribution in [0.4, 0.5) is 0 Å². The molecule has 0 atom stereocenters. The number of aromatic nitrogens is 3. The number of amides is 1. The Morgan fingerprint density at radius 2 is 1.83 bits per heavy atom. The Labute approximate surface area is 174 Å². The van der Waals surface area contributed by atoms with E-state index in [-0.39, 0.29) is 23.2 Å². The molecule has 1 aliphatic rings. The summed E-state index contributed by atoms with van der Waals surface area (Å²) in [5.41, 5.74) is 1.26. The summed E-state index contributed by atoms with van der Waals surface area (Å²) >= 11 is 0. The molecule has 0 bridgehead atoms. The Morgan fingerprint density at radius 3 is 2.53 bits per heavy atom. The van der Waals surface area contributed by atoms with Crippen molar-refractivity contribution in [2.24, 2.45) is 0 Å². The minimum atomic E-state index is -3.50. The van der Waals surface area contributed by atoms with Gasteiger partial charge in [0.15, 0.2) is 0 Å². The van der Waals surface area contributed by atoms with Gasteiger partial charge in [-0.2, -0.15) is 9.29 Å². The zero-order valence-corrected chi connectivity index (χ0v) is 17.0. The third kappa shape index (κ3) is 4.39. The number of carbonyl (C=O) groups excluding carboxylic acids is 1. The molecule has 0 aliphatic carbocycles. The Morgan fingerprint density at radius 1 is 1.07 bits per heavy atom. The molecule has 1 aliphatic heterocycles. The first-order chi connectivity index (χ1) is 14.5. The molecule has 10 heteroatoms. The number of rotatable bonds is 6. The minimum absolute atomic E-state index is 0.175. The summed E-state index contributed by atoms with van der Waals surface area (Å²) in [6, 6.07) is 11.7. The molecule has 0 radical (unpaired) electrons. The van der Waals surface area contributed by atoms with E-state index < -0.39 is 15.9 Å². The van der Waals surface area contributed by atoms with Gasteiger partial charge in [-0.05, 0) is 49.2 Å². The summed E-state index contributed by atoms with van der Waals surface area (Å²) in [5, 5.41) is 6.48. The van der Waals surface area contributed by atoms with Crippen molar-refractivity contribution >= 4 is 15.9 Å². The van der Waals surface area contributed by atoms with Crippen LogP contribution in [0.15, 0.2) is 58.1 Å². The lowest BCUT2D eigenvalue weighted by atomic mass is 10.2. The number of pyridine rings is 1. The normalized spacial score (nSPS) is 15.1. The predicted octanol–water partition coefficient (Wildman–Crippen LogP) is 2.24. The molecular weight excluding hydrogens is 406 g/mol. The summed E-state index contributed by atoms with van der Waals surface area (Å²) in [6.07, 6.45) is 4.46. The molecule has 156 valence electrons. The van der Waals surface area contributed by atoms with Crippen molar-refractivity contribution in [3.63, 3.8) is 0 Å². The second kappa shape index (κ2) is 8.72. The maximum atomic E-state index is 12.7. The van der Waals surface area contributed by atoms with E-state index in [1.54, 1.807) is 30.5 Å². The summed E-state index contributed by atoms with van der Waals surface area (Å²) in [4.78, 5) is 20.7. The maximum absolute atomic E-state index is 12.7. The van der Waals surface area contributed by atoms with Crippen LogP contribution >= 0.6 is 0 Å². The molecular formula is C20H21N5O4S. The molecule has 1 amide bonds. The average Bonchev–Trinajstić information content (AvgIpc) is 3.29. The number of piperidine rings is 1. The molecule has 0 saturated carbocycles. The quantitative estimate of drug-likeness (QED) is 0.641. The lowest BCUT2D eigenvalue weighted by Crippen LogP contribution is -2.35. The molecule has 1 N–H and O–H groups in total. The van der Waals surface area contributed by atoms with E-state index in [0.717, 1.165) is 19.3 Å². The van der Waals surface area contributed by atoms with E-state index in [1.165, 1.54) is 16.4 Å². The van der Waals surface area contributed by atoms with Gasteiger partial charge in [-0.25, -0.2) is 8.42 Å². The number of nitrogens with one attached hydrogen (secondary N) is 1. The highest BCUT2D eigenvalue weighted by atomic mass is 32.2. The van der Waals surface area contributed by atoms with Crippen LogP contribution in [0.5, 0.6) is 0 Å². The molecule has 0 unspecified atom stereocenters. The SMILES string of the molecule is O=C(NCc1ccccn1)c1nc(-c2ccc(S(=O)(=O)N3CCCCC3)cc2)no1. The first kappa shape index (κ1) is 20.2. The van der Waals surface area contributed by atoms with Crippen molar-refractivity contribution < 1.29 is 17.7 Å². The van der Waals surface area contributed by atoms with Crippen LogP contribution in [0, 0.1) is 0 Å². The average molecular weight is 427 g/mol. The van der Waals surface area contributed by atoms with E-state index in [4.69, 9.17) is 4.52 Å². The van der Waals surface area contributed by atoms with Crippen LogP contribution in [-0.2, 0) is 16.6 Å². The Balaban J connectivity index is 1.43. The third-order valence-corrected chi connectivity index (χ3v) is 6.75. The van der Waals surface area contributed by atoms with Crippen LogP contribution in [0.2, 0.25) is 0 Å². The molecule has 3 heterocycles. The van der Waals surface area contributed by atoms with Gasteiger partial charge in [0.25, 0.3) is 0 Å². The van der Waals surface area contributed by atoms with Gasteiger partial charge in [0, 0.05) is 24.8 Å². The largest absolute Gasteiger partial charge is 0.342 e. The minimum Gasteiger partial charge on any atom is -0.342 e. The second-order valence-corrected chi connectivity index (χ2v) is 8.85. The van der Waals surface area contributed by atoms with Gasteiger partial charge < -0.3 is 9.84 Å². The fourth-order valence-electron chi connectivity index (χ4n) is 3.21. The highest BCUT2D eigenvalue weighted by molar-refractivity contribution is 7.89. The molecule has 30 heavy (non-hydrogen) atoms. The van der Waals surface area contributed by atoms with Crippen molar-refractivity contribution in [2.45, 2.75) is 30.7 Å². The number of nitrogens with zero attached hydrogens (tertiary/aromatic N) is 4. The Bertz CT molecular complexity index is 1110. The van der Waals surface area contributed by atoms with Gasteiger partial charge in [0.1, 0.15) is 0 Å². The topological polar surface area (TPSA) is 118 Å². The van der Waals surface area contributed by atoms with E-state index in [1.807, 2.05) is 6.07 Å². The van der Waals surface area contributed by atoms with Gasteiger partial charge in [-0.15, -0.1) is 0 Å². The maximum Gasteiger partial charge on any atom is 0.316 e. The van der Waals surface area contributed by atoms with Crippen LogP contribution in [0.3, 0.4) is 0 Å². The standard InChI is InChI=1S/C20H21N5O4S/c26-19(22-14-16-6-2-3-11-21-16)20-23-18(24-29-20)15-7-9-17(10-8-15)30(27,28)25-12-4-1-5-13-25/h2-3,6-11H,1,4-5,12-14H2,(H,22,26). The third-order valence-electron chi connectivity index (χ3n) is 4.84. The number of sulfonamides is 1. The van der Waals surface area contributed by atoms with Crippen LogP contribution in [-0.4, -0.2) is 46.8 Å². The summed E-state index contributed by atoms with van der Waals surface area (Å²) in [6.45, 7) is 1.33. The van der Waals surface area contributed by atoms with Gasteiger partial charge in [-0.3, -0.25) is 9.78 Å². The molecule has 1 aromatic carbocycles. The number of carbonyl (C=O) groups is 1. The van der Waals surface area contributed by atoms with E-state index >= 15 is 0 Å². The van der Waals surface area contributed by atoms with E-state index in [9.17, 15) is 13.2 Å². The fourth-order valence-corrected chi connectivity index (χ4v) is 4.73. The van der Waals surface area contributed by atoms with Gasteiger partial charge in [-0.1, -0.05) is 17.6 Å². The smallest absolute Gasteiger partial charge is 0.316 e. The summed E-state index contributed by atoms with van der Waals surface area (Å²) in [5.74, 6) is -0.477. The molecule has 2 aromatic heterocycles. The number of hydrogen-bond donors (Lipinski definition) is 1. The fraction of sp³-hybridized carbons (Fsp3) is 0.300. The molecule has 1 fully saturated rings.